The van der Waals surface area contributed by atoms with Crippen LogP contribution in [-0.4, -0.2) is 7.11 Å². The third kappa shape index (κ3) is 2.86. The Bertz CT molecular complexity index is 467. The molecule has 0 aliphatic carbocycles. The molecule has 0 saturated heterocycles. The third-order valence-electron chi connectivity index (χ3n) is 2.86. The van der Waals surface area contributed by atoms with Crippen LogP contribution in [0.2, 0.25) is 0 Å². The topological polar surface area (TPSA) is 35.2 Å². The number of methoxy groups -OCH3 is 1. The minimum Gasteiger partial charge on any atom is -0.496 e. The van der Waals surface area contributed by atoms with Gasteiger partial charge in [0.15, 0.2) is 0 Å². The molecule has 2 nitrogen and oxygen atoms in total. The minimum absolute atomic E-state index is 0.00694. The first kappa shape index (κ1) is 11.7. The molecule has 0 unspecified atom stereocenters. The second kappa shape index (κ2) is 5.51. The summed E-state index contributed by atoms with van der Waals surface area (Å²) in [6.45, 7) is 0. The molecule has 0 aliphatic rings. The Balaban J connectivity index is 2.16. The first-order valence-corrected chi connectivity index (χ1v) is 5.73. The van der Waals surface area contributed by atoms with E-state index >= 15 is 0 Å². The molecule has 0 radical (unpaired) electrons. The number of hydrogen-bond donors (Lipinski definition) is 1. The van der Waals surface area contributed by atoms with Crippen molar-refractivity contribution in [3.63, 3.8) is 0 Å². The summed E-state index contributed by atoms with van der Waals surface area (Å²) in [6, 6.07) is 18.1. The highest BCUT2D eigenvalue weighted by Gasteiger charge is 2.09. The van der Waals surface area contributed by atoms with Gasteiger partial charge >= 0.3 is 0 Å². The number of rotatable bonds is 4. The van der Waals surface area contributed by atoms with Crippen LogP contribution in [0.5, 0.6) is 5.75 Å². The Morgan fingerprint density at radius 1 is 1.00 bits per heavy atom. The largest absolute Gasteiger partial charge is 0.496 e. The molecule has 88 valence electrons. The predicted molar refractivity (Wildman–Crippen MR) is 70.1 cm³/mol. The van der Waals surface area contributed by atoms with Crippen LogP contribution in [0, 0.1) is 0 Å². The maximum Gasteiger partial charge on any atom is 0.122 e. The van der Waals surface area contributed by atoms with Crippen LogP contribution < -0.4 is 10.5 Å². The van der Waals surface area contributed by atoms with Crippen molar-refractivity contribution in [2.75, 3.05) is 7.11 Å². The summed E-state index contributed by atoms with van der Waals surface area (Å²) in [4.78, 5) is 0. The normalized spacial score (nSPS) is 12.1. The second-order valence-electron chi connectivity index (χ2n) is 4.03. The van der Waals surface area contributed by atoms with Crippen LogP contribution in [0.25, 0.3) is 0 Å². The number of ether oxygens (including phenoxy) is 1. The maximum atomic E-state index is 6.20. The van der Waals surface area contributed by atoms with Gasteiger partial charge in [-0.15, -0.1) is 0 Å². The minimum atomic E-state index is 0.00694. The van der Waals surface area contributed by atoms with Gasteiger partial charge in [-0.25, -0.2) is 0 Å². The molecule has 0 spiro atoms. The lowest BCUT2D eigenvalue weighted by Crippen LogP contribution is -2.13. The summed E-state index contributed by atoms with van der Waals surface area (Å²) in [5, 5.41) is 0. The molecule has 0 bridgehead atoms. The van der Waals surface area contributed by atoms with Crippen molar-refractivity contribution in [1.29, 1.82) is 0 Å². The highest BCUT2D eigenvalue weighted by Crippen LogP contribution is 2.23. The highest BCUT2D eigenvalue weighted by molar-refractivity contribution is 5.35. The lowest BCUT2D eigenvalue weighted by Gasteiger charge is -2.14. The molecular weight excluding hydrogens is 210 g/mol. The molecule has 2 heteroatoms. The molecule has 1 atom stereocenters. The molecule has 0 aromatic heterocycles. The van der Waals surface area contributed by atoms with E-state index in [-0.39, 0.29) is 6.04 Å². The van der Waals surface area contributed by atoms with Gasteiger partial charge in [0, 0.05) is 6.04 Å². The highest BCUT2D eigenvalue weighted by atomic mass is 16.5. The smallest absolute Gasteiger partial charge is 0.122 e. The zero-order valence-electron chi connectivity index (χ0n) is 9.97. The number of para-hydroxylation sites is 1. The average Bonchev–Trinajstić information content (AvgIpc) is 2.40. The van der Waals surface area contributed by atoms with Crippen molar-refractivity contribution in [2.45, 2.75) is 12.5 Å². The average molecular weight is 227 g/mol. The quantitative estimate of drug-likeness (QED) is 0.871. The van der Waals surface area contributed by atoms with E-state index in [1.165, 1.54) is 0 Å². The Morgan fingerprint density at radius 3 is 2.35 bits per heavy atom. The maximum absolute atomic E-state index is 6.20. The summed E-state index contributed by atoms with van der Waals surface area (Å²) >= 11 is 0. The second-order valence-corrected chi connectivity index (χ2v) is 4.03. The molecule has 0 saturated carbocycles. The Kier molecular flexibility index (Phi) is 3.78. The summed E-state index contributed by atoms with van der Waals surface area (Å²) in [7, 11) is 1.69. The monoisotopic (exact) mass is 227 g/mol. The van der Waals surface area contributed by atoms with Gasteiger partial charge in [-0.3, -0.25) is 0 Å². The van der Waals surface area contributed by atoms with Crippen molar-refractivity contribution in [3.8, 4) is 5.75 Å². The number of nitrogens with two attached hydrogens (primary N) is 1. The van der Waals surface area contributed by atoms with Gasteiger partial charge < -0.3 is 10.5 Å². The van der Waals surface area contributed by atoms with Crippen molar-refractivity contribution in [1.82, 2.24) is 0 Å². The van der Waals surface area contributed by atoms with Crippen LogP contribution in [0.4, 0.5) is 0 Å². The Hall–Kier alpha value is -1.80. The van der Waals surface area contributed by atoms with Crippen molar-refractivity contribution < 1.29 is 4.74 Å². The van der Waals surface area contributed by atoms with Crippen LogP contribution in [0.15, 0.2) is 54.6 Å². The molecule has 0 fully saturated rings. The first-order valence-electron chi connectivity index (χ1n) is 5.73. The zero-order chi connectivity index (χ0) is 12.1. The van der Waals surface area contributed by atoms with Crippen molar-refractivity contribution in [3.05, 3.63) is 65.7 Å². The molecule has 0 amide bonds. The number of hydrogen-bond acceptors (Lipinski definition) is 2. The van der Waals surface area contributed by atoms with Gasteiger partial charge in [0.05, 0.1) is 7.11 Å². The molecule has 17 heavy (non-hydrogen) atoms. The van der Waals surface area contributed by atoms with E-state index in [1.54, 1.807) is 7.11 Å². The summed E-state index contributed by atoms with van der Waals surface area (Å²) < 4.78 is 5.33. The van der Waals surface area contributed by atoms with Crippen LogP contribution in [0.3, 0.4) is 0 Å². The van der Waals surface area contributed by atoms with Gasteiger partial charge in [-0.1, -0.05) is 48.5 Å². The van der Waals surface area contributed by atoms with Gasteiger partial charge in [0.1, 0.15) is 5.75 Å². The fraction of sp³-hybridized carbons (Fsp3) is 0.200. The van der Waals surface area contributed by atoms with E-state index in [4.69, 9.17) is 10.5 Å². The first-order chi connectivity index (χ1) is 8.31. The van der Waals surface area contributed by atoms with Gasteiger partial charge in [-0.2, -0.15) is 0 Å². The van der Waals surface area contributed by atoms with Crippen molar-refractivity contribution >= 4 is 0 Å². The zero-order valence-corrected chi connectivity index (χ0v) is 9.97. The lowest BCUT2D eigenvalue weighted by molar-refractivity contribution is 0.408. The van der Waals surface area contributed by atoms with Gasteiger partial charge in [-0.05, 0) is 23.6 Å². The van der Waals surface area contributed by atoms with E-state index in [0.29, 0.717) is 0 Å². The Morgan fingerprint density at radius 2 is 1.65 bits per heavy atom. The van der Waals surface area contributed by atoms with Crippen molar-refractivity contribution in [2.24, 2.45) is 5.73 Å². The van der Waals surface area contributed by atoms with E-state index in [0.717, 1.165) is 23.3 Å². The van der Waals surface area contributed by atoms with Crippen LogP contribution in [-0.2, 0) is 6.42 Å². The molecule has 0 aliphatic heterocycles. The SMILES string of the molecule is COc1ccccc1C[C@@H](N)c1ccccc1. The standard InChI is InChI=1S/C15H17NO/c1-17-15-10-6-5-9-13(15)11-14(16)12-7-3-2-4-8-12/h2-10,14H,11,16H2,1H3/t14-/m1/s1. The van der Waals surface area contributed by atoms with Gasteiger partial charge in [0.25, 0.3) is 0 Å². The summed E-state index contributed by atoms with van der Waals surface area (Å²) in [5.41, 5.74) is 8.49. The molecule has 2 aromatic carbocycles. The molecule has 2 aromatic rings. The van der Waals surface area contributed by atoms with E-state index in [2.05, 4.69) is 18.2 Å². The van der Waals surface area contributed by atoms with E-state index in [9.17, 15) is 0 Å². The van der Waals surface area contributed by atoms with Gasteiger partial charge in [0.2, 0.25) is 0 Å². The fourth-order valence-electron chi connectivity index (χ4n) is 1.93. The molecular formula is C15H17NO. The third-order valence-corrected chi connectivity index (χ3v) is 2.86. The molecule has 2 rings (SSSR count). The van der Waals surface area contributed by atoms with Crippen LogP contribution >= 0.6 is 0 Å². The summed E-state index contributed by atoms with van der Waals surface area (Å²) in [6.07, 6.45) is 0.786. The lowest BCUT2D eigenvalue weighted by atomic mass is 9.99. The van der Waals surface area contributed by atoms with E-state index < -0.39 is 0 Å². The molecule has 2 N–H and O–H groups in total. The molecule has 0 heterocycles. The predicted octanol–water partition coefficient (Wildman–Crippen LogP) is 2.94. The Labute approximate surface area is 102 Å². The van der Waals surface area contributed by atoms with E-state index in [1.807, 2.05) is 36.4 Å². The number of benzene rings is 2. The fourth-order valence-corrected chi connectivity index (χ4v) is 1.93. The van der Waals surface area contributed by atoms with Crippen LogP contribution in [0.1, 0.15) is 17.2 Å². The summed E-state index contributed by atoms with van der Waals surface area (Å²) in [5.74, 6) is 0.902.